The minimum absolute atomic E-state index is 0.0567. The normalized spacial score (nSPS) is 19.1. The second-order valence-corrected chi connectivity index (χ2v) is 8.46. The van der Waals surface area contributed by atoms with Crippen LogP contribution in [0.1, 0.15) is 57.3 Å². The van der Waals surface area contributed by atoms with Crippen LogP contribution in [0.5, 0.6) is 11.6 Å². The van der Waals surface area contributed by atoms with E-state index < -0.39 is 0 Å². The maximum absolute atomic E-state index is 12.7. The standard InChI is InChI=1S/C21H27N3O2/c1-20(2)12-15(13-21(3,4)24-20)11-18(25)16-5-7-17(8-6-16)26-19-14-22-9-10-23-19/h5-10,14-15,24H,11-13H2,1-4H3. The van der Waals surface area contributed by atoms with E-state index in [9.17, 15) is 4.79 Å². The number of hydrogen-bond acceptors (Lipinski definition) is 5. The summed E-state index contributed by atoms with van der Waals surface area (Å²) in [5.41, 5.74) is 0.841. The molecule has 2 heterocycles. The molecule has 0 atom stereocenters. The van der Waals surface area contributed by atoms with Crippen molar-refractivity contribution in [3.8, 4) is 11.6 Å². The van der Waals surface area contributed by atoms with Gasteiger partial charge in [0.05, 0.1) is 6.20 Å². The van der Waals surface area contributed by atoms with E-state index in [-0.39, 0.29) is 16.9 Å². The molecule has 0 bridgehead atoms. The van der Waals surface area contributed by atoms with Gasteiger partial charge < -0.3 is 10.1 Å². The third-order valence-corrected chi connectivity index (χ3v) is 4.69. The second kappa shape index (κ2) is 7.16. The molecule has 26 heavy (non-hydrogen) atoms. The van der Waals surface area contributed by atoms with Crippen LogP contribution in [0.15, 0.2) is 42.9 Å². The van der Waals surface area contributed by atoms with Crippen LogP contribution in [0.25, 0.3) is 0 Å². The van der Waals surface area contributed by atoms with Crippen LogP contribution < -0.4 is 10.1 Å². The first-order chi connectivity index (χ1) is 12.2. The first-order valence-electron chi connectivity index (χ1n) is 9.09. The first-order valence-corrected chi connectivity index (χ1v) is 9.09. The monoisotopic (exact) mass is 353 g/mol. The Hall–Kier alpha value is -2.27. The lowest BCUT2D eigenvalue weighted by atomic mass is 9.74. The van der Waals surface area contributed by atoms with Gasteiger partial charge in [0.15, 0.2) is 5.78 Å². The van der Waals surface area contributed by atoms with Crippen LogP contribution >= 0.6 is 0 Å². The number of nitrogens with zero attached hydrogens (tertiary/aromatic N) is 2. The molecule has 1 aromatic carbocycles. The van der Waals surface area contributed by atoms with Gasteiger partial charge in [0.25, 0.3) is 0 Å². The van der Waals surface area contributed by atoms with Crippen molar-refractivity contribution in [1.82, 2.24) is 15.3 Å². The Kier molecular flexibility index (Phi) is 5.10. The van der Waals surface area contributed by atoms with Crippen molar-refractivity contribution < 1.29 is 9.53 Å². The predicted octanol–water partition coefficient (Wildman–Crippen LogP) is 4.40. The molecule has 5 heteroatoms. The number of aromatic nitrogens is 2. The van der Waals surface area contributed by atoms with Crippen molar-refractivity contribution in [2.75, 3.05) is 0 Å². The third-order valence-electron chi connectivity index (χ3n) is 4.69. The summed E-state index contributed by atoms with van der Waals surface area (Å²) in [5, 5.41) is 3.67. The van der Waals surface area contributed by atoms with Gasteiger partial charge in [-0.05, 0) is 70.7 Å². The number of hydrogen-bond donors (Lipinski definition) is 1. The van der Waals surface area contributed by atoms with Crippen molar-refractivity contribution in [3.05, 3.63) is 48.4 Å². The molecule has 0 radical (unpaired) electrons. The van der Waals surface area contributed by atoms with Crippen LogP contribution in [0, 0.1) is 5.92 Å². The summed E-state index contributed by atoms with van der Waals surface area (Å²) in [6, 6.07) is 7.26. The summed E-state index contributed by atoms with van der Waals surface area (Å²) in [5.74, 6) is 1.66. The lowest BCUT2D eigenvalue weighted by molar-refractivity contribution is 0.0864. The van der Waals surface area contributed by atoms with E-state index in [2.05, 4.69) is 43.0 Å². The fourth-order valence-corrected chi connectivity index (χ4v) is 4.23. The molecule has 1 fully saturated rings. The zero-order chi connectivity index (χ0) is 18.8. The lowest BCUT2D eigenvalue weighted by Crippen LogP contribution is -2.57. The Morgan fingerprint density at radius 3 is 2.35 bits per heavy atom. The van der Waals surface area contributed by atoms with Crippen molar-refractivity contribution >= 4 is 5.78 Å². The van der Waals surface area contributed by atoms with E-state index in [1.807, 2.05) is 12.1 Å². The van der Waals surface area contributed by atoms with Crippen molar-refractivity contribution in [1.29, 1.82) is 0 Å². The molecule has 3 rings (SSSR count). The summed E-state index contributed by atoms with van der Waals surface area (Å²) in [4.78, 5) is 20.8. The highest BCUT2D eigenvalue weighted by molar-refractivity contribution is 5.96. The molecule has 1 aromatic heterocycles. The topological polar surface area (TPSA) is 64.1 Å². The Bertz CT molecular complexity index is 739. The van der Waals surface area contributed by atoms with E-state index in [1.54, 1.807) is 30.7 Å². The zero-order valence-corrected chi connectivity index (χ0v) is 16.0. The fourth-order valence-electron chi connectivity index (χ4n) is 4.23. The number of benzene rings is 1. The van der Waals surface area contributed by atoms with E-state index in [4.69, 9.17) is 4.74 Å². The van der Waals surface area contributed by atoms with Gasteiger partial charge >= 0.3 is 0 Å². The predicted molar refractivity (Wildman–Crippen MR) is 102 cm³/mol. The Morgan fingerprint density at radius 2 is 1.77 bits per heavy atom. The smallest absolute Gasteiger partial charge is 0.237 e. The molecule has 138 valence electrons. The van der Waals surface area contributed by atoms with Gasteiger partial charge in [0, 0.05) is 35.5 Å². The van der Waals surface area contributed by atoms with E-state index >= 15 is 0 Å². The average molecular weight is 353 g/mol. The van der Waals surface area contributed by atoms with Crippen LogP contribution in [0.2, 0.25) is 0 Å². The molecular formula is C21H27N3O2. The van der Waals surface area contributed by atoms with Gasteiger partial charge in [-0.2, -0.15) is 0 Å². The molecule has 0 spiro atoms. The van der Waals surface area contributed by atoms with E-state index in [0.717, 1.165) is 18.4 Å². The molecule has 1 saturated heterocycles. The van der Waals surface area contributed by atoms with Crippen molar-refractivity contribution in [2.45, 2.75) is 58.0 Å². The number of carbonyl (C=O) groups excluding carboxylic acids is 1. The summed E-state index contributed by atoms with van der Waals surface area (Å²) >= 11 is 0. The Morgan fingerprint density at radius 1 is 1.12 bits per heavy atom. The summed E-state index contributed by atoms with van der Waals surface area (Å²) < 4.78 is 5.62. The molecule has 0 unspecified atom stereocenters. The summed E-state index contributed by atoms with van der Waals surface area (Å²) in [6.07, 6.45) is 7.33. The quantitative estimate of drug-likeness (QED) is 0.807. The minimum Gasteiger partial charge on any atom is -0.438 e. The van der Waals surface area contributed by atoms with Gasteiger partial charge in [-0.3, -0.25) is 9.78 Å². The van der Waals surface area contributed by atoms with E-state index in [1.165, 1.54) is 0 Å². The van der Waals surface area contributed by atoms with Gasteiger partial charge in [-0.1, -0.05) is 0 Å². The number of Topliss-reactive ketones (excluding diaryl/α,β-unsaturated/α-hetero) is 1. The van der Waals surface area contributed by atoms with Crippen LogP contribution in [-0.2, 0) is 0 Å². The highest BCUT2D eigenvalue weighted by atomic mass is 16.5. The largest absolute Gasteiger partial charge is 0.438 e. The molecule has 0 saturated carbocycles. The number of carbonyl (C=O) groups is 1. The van der Waals surface area contributed by atoms with Crippen LogP contribution in [-0.4, -0.2) is 26.8 Å². The SMILES string of the molecule is CC1(C)CC(CC(=O)c2ccc(Oc3cnccn3)cc2)CC(C)(C)N1. The highest BCUT2D eigenvalue weighted by Crippen LogP contribution is 2.35. The zero-order valence-electron chi connectivity index (χ0n) is 16.0. The maximum atomic E-state index is 12.7. The number of ether oxygens (including phenoxy) is 1. The molecule has 0 amide bonds. The fraction of sp³-hybridized carbons (Fsp3) is 0.476. The Balaban J connectivity index is 1.63. The summed E-state index contributed by atoms with van der Waals surface area (Å²) in [7, 11) is 0. The average Bonchev–Trinajstić information content (AvgIpc) is 2.53. The molecule has 1 aliphatic rings. The number of rotatable bonds is 5. The Labute approximate surface area is 155 Å². The molecule has 1 N–H and O–H groups in total. The summed E-state index contributed by atoms with van der Waals surface area (Å²) in [6.45, 7) is 8.85. The van der Waals surface area contributed by atoms with Crippen molar-refractivity contribution in [2.24, 2.45) is 5.92 Å². The number of piperidine rings is 1. The maximum Gasteiger partial charge on any atom is 0.237 e. The van der Waals surface area contributed by atoms with Gasteiger partial charge in [0.1, 0.15) is 5.75 Å². The highest BCUT2D eigenvalue weighted by Gasteiger charge is 2.38. The second-order valence-electron chi connectivity index (χ2n) is 8.46. The molecule has 1 aliphatic heterocycles. The van der Waals surface area contributed by atoms with E-state index in [0.29, 0.717) is 24.0 Å². The van der Waals surface area contributed by atoms with Gasteiger partial charge in [-0.15, -0.1) is 0 Å². The third kappa shape index (κ3) is 4.88. The molecule has 0 aliphatic carbocycles. The lowest BCUT2D eigenvalue weighted by Gasteiger charge is -2.46. The molecular weight excluding hydrogens is 326 g/mol. The van der Waals surface area contributed by atoms with Gasteiger partial charge in [-0.25, -0.2) is 4.98 Å². The van der Waals surface area contributed by atoms with Crippen LogP contribution in [0.4, 0.5) is 0 Å². The van der Waals surface area contributed by atoms with Crippen LogP contribution in [0.3, 0.4) is 0 Å². The van der Waals surface area contributed by atoms with Crippen molar-refractivity contribution in [3.63, 3.8) is 0 Å². The van der Waals surface area contributed by atoms with Gasteiger partial charge in [0.2, 0.25) is 5.88 Å². The first kappa shape index (κ1) is 18.5. The molecule has 2 aromatic rings. The molecule has 5 nitrogen and oxygen atoms in total. The number of nitrogens with one attached hydrogen (secondary N) is 1. The minimum atomic E-state index is 0.0567. The number of ketones is 1.